The molecule has 0 aromatic rings. The average Bonchev–Trinajstić information content (AvgIpc) is 2.02. The fourth-order valence-electron chi connectivity index (χ4n) is 0.500. The molecule has 4 heteroatoms. The van der Waals surface area contributed by atoms with Crippen LogP contribution in [0.1, 0.15) is 27.2 Å². The van der Waals surface area contributed by atoms with Crippen LogP contribution in [0.2, 0.25) is 0 Å². The summed E-state index contributed by atoms with van der Waals surface area (Å²) in [5.41, 5.74) is 0.825. The lowest BCUT2D eigenvalue weighted by Gasteiger charge is -2.09. The fraction of sp³-hybridized carbons (Fsp3) is 0.667. The van der Waals surface area contributed by atoms with Crippen LogP contribution in [-0.2, 0) is 0 Å². The molecule has 0 aromatic carbocycles. The van der Waals surface area contributed by atoms with Gasteiger partial charge in [-0.3, -0.25) is 4.99 Å². The molecule has 1 atom stereocenters. The molecule has 0 radical (unpaired) electrons. The van der Waals surface area contributed by atoms with Gasteiger partial charge >= 0.3 is 6.18 Å². The number of hydrogen-bond acceptors (Lipinski definition) is 1. The van der Waals surface area contributed by atoms with E-state index in [1.54, 1.807) is 6.92 Å². The lowest BCUT2D eigenvalue weighted by atomic mass is 10.2. The van der Waals surface area contributed by atoms with Gasteiger partial charge in [0.05, 0.1) is 5.92 Å². The molecule has 0 aliphatic rings. The topological polar surface area (TPSA) is 12.4 Å². The van der Waals surface area contributed by atoms with E-state index in [1.807, 2.05) is 6.92 Å². The standard InChI is InChI=1S/C9H14F3N/c1-4-8(3)13-6-5-7(2)9(10,11)12/h5-7H,4H2,1-3H3/b6-5-,13-8-. The highest BCUT2D eigenvalue weighted by Crippen LogP contribution is 2.26. The van der Waals surface area contributed by atoms with E-state index in [-0.39, 0.29) is 0 Å². The number of aliphatic imine (C=N–C) groups is 1. The molecule has 0 heterocycles. The number of allylic oxidation sites excluding steroid dienone is 1. The van der Waals surface area contributed by atoms with Crippen LogP contribution in [0, 0.1) is 5.92 Å². The van der Waals surface area contributed by atoms with Crippen molar-refractivity contribution >= 4 is 5.71 Å². The molecular formula is C9H14F3N. The molecule has 0 amide bonds. The molecule has 1 nitrogen and oxygen atoms in total. The zero-order chi connectivity index (χ0) is 10.5. The zero-order valence-electron chi connectivity index (χ0n) is 8.02. The van der Waals surface area contributed by atoms with Crippen molar-refractivity contribution in [3.8, 4) is 0 Å². The number of halogens is 3. The van der Waals surface area contributed by atoms with Crippen molar-refractivity contribution in [3.63, 3.8) is 0 Å². The van der Waals surface area contributed by atoms with Gasteiger partial charge in [-0.05, 0) is 13.3 Å². The summed E-state index contributed by atoms with van der Waals surface area (Å²) in [6.07, 6.45) is -1.13. The Bertz CT molecular complexity index is 203. The van der Waals surface area contributed by atoms with Crippen molar-refractivity contribution in [1.29, 1.82) is 0 Å². The van der Waals surface area contributed by atoms with Gasteiger partial charge in [0.1, 0.15) is 0 Å². The second-order valence-electron chi connectivity index (χ2n) is 2.89. The van der Waals surface area contributed by atoms with Gasteiger partial charge in [-0.1, -0.05) is 19.9 Å². The second kappa shape index (κ2) is 5.04. The minimum Gasteiger partial charge on any atom is -0.266 e. The molecule has 0 N–H and O–H groups in total. The highest BCUT2D eigenvalue weighted by Gasteiger charge is 2.33. The van der Waals surface area contributed by atoms with Crippen molar-refractivity contribution in [2.45, 2.75) is 33.4 Å². The van der Waals surface area contributed by atoms with Crippen LogP contribution in [0.15, 0.2) is 17.3 Å². The van der Waals surface area contributed by atoms with Gasteiger partial charge in [0, 0.05) is 11.9 Å². The summed E-state index contributed by atoms with van der Waals surface area (Å²) in [5, 5.41) is 0. The van der Waals surface area contributed by atoms with E-state index >= 15 is 0 Å². The van der Waals surface area contributed by atoms with Crippen molar-refractivity contribution in [1.82, 2.24) is 0 Å². The van der Waals surface area contributed by atoms with Crippen LogP contribution in [-0.4, -0.2) is 11.9 Å². The first-order chi connectivity index (χ1) is 5.88. The van der Waals surface area contributed by atoms with Crippen LogP contribution < -0.4 is 0 Å². The average molecular weight is 193 g/mol. The maximum Gasteiger partial charge on any atom is 0.394 e. The lowest BCUT2D eigenvalue weighted by Crippen LogP contribution is -2.17. The normalized spacial score (nSPS) is 16.6. The van der Waals surface area contributed by atoms with E-state index in [4.69, 9.17) is 0 Å². The summed E-state index contributed by atoms with van der Waals surface area (Å²) in [5.74, 6) is -1.43. The first-order valence-corrected chi connectivity index (χ1v) is 4.14. The molecule has 0 aromatic heterocycles. The van der Waals surface area contributed by atoms with Gasteiger partial charge in [-0.2, -0.15) is 13.2 Å². The monoisotopic (exact) mass is 193 g/mol. The first-order valence-electron chi connectivity index (χ1n) is 4.14. The van der Waals surface area contributed by atoms with Gasteiger partial charge in [-0.25, -0.2) is 0 Å². The highest BCUT2D eigenvalue weighted by atomic mass is 19.4. The molecule has 0 aliphatic heterocycles. The number of hydrogen-bond donors (Lipinski definition) is 0. The molecule has 0 saturated carbocycles. The van der Waals surface area contributed by atoms with Crippen LogP contribution >= 0.6 is 0 Å². The van der Waals surface area contributed by atoms with E-state index in [0.29, 0.717) is 0 Å². The molecule has 76 valence electrons. The summed E-state index contributed by atoms with van der Waals surface area (Å²) >= 11 is 0. The van der Waals surface area contributed by atoms with E-state index in [2.05, 4.69) is 4.99 Å². The summed E-state index contributed by atoms with van der Waals surface area (Å²) in [6, 6.07) is 0. The Morgan fingerprint density at radius 1 is 1.46 bits per heavy atom. The summed E-state index contributed by atoms with van der Waals surface area (Å²) in [6.45, 7) is 4.79. The third-order valence-electron chi connectivity index (χ3n) is 1.70. The molecule has 13 heavy (non-hydrogen) atoms. The third-order valence-corrected chi connectivity index (χ3v) is 1.70. The van der Waals surface area contributed by atoms with E-state index < -0.39 is 12.1 Å². The number of rotatable bonds is 3. The van der Waals surface area contributed by atoms with E-state index in [0.717, 1.165) is 25.1 Å². The SMILES string of the molecule is CC/C(C)=N\C=C/C(C)C(F)(F)F. The fourth-order valence-corrected chi connectivity index (χ4v) is 0.500. The molecule has 0 fully saturated rings. The van der Waals surface area contributed by atoms with Crippen LogP contribution in [0.3, 0.4) is 0 Å². The Morgan fingerprint density at radius 3 is 2.38 bits per heavy atom. The predicted octanol–water partition coefficient (Wildman–Crippen LogP) is 3.57. The molecule has 0 spiro atoms. The molecular weight excluding hydrogens is 179 g/mol. The second-order valence-corrected chi connectivity index (χ2v) is 2.89. The largest absolute Gasteiger partial charge is 0.394 e. The van der Waals surface area contributed by atoms with Crippen LogP contribution in [0.25, 0.3) is 0 Å². The smallest absolute Gasteiger partial charge is 0.266 e. The summed E-state index contributed by atoms with van der Waals surface area (Å²) in [4.78, 5) is 3.83. The minimum atomic E-state index is -4.16. The van der Waals surface area contributed by atoms with Crippen LogP contribution in [0.5, 0.6) is 0 Å². The Hall–Kier alpha value is -0.800. The maximum absolute atomic E-state index is 12.0. The Morgan fingerprint density at radius 2 is 2.00 bits per heavy atom. The molecule has 0 aliphatic carbocycles. The predicted molar refractivity (Wildman–Crippen MR) is 47.8 cm³/mol. The minimum absolute atomic E-state index is 0.755. The highest BCUT2D eigenvalue weighted by molar-refractivity contribution is 5.82. The quantitative estimate of drug-likeness (QED) is 0.607. The molecule has 0 bridgehead atoms. The molecule has 1 unspecified atom stereocenters. The Labute approximate surface area is 76.4 Å². The van der Waals surface area contributed by atoms with Gasteiger partial charge < -0.3 is 0 Å². The maximum atomic E-state index is 12.0. The summed E-state index contributed by atoms with van der Waals surface area (Å²) in [7, 11) is 0. The van der Waals surface area contributed by atoms with Crippen LogP contribution in [0.4, 0.5) is 13.2 Å². The van der Waals surface area contributed by atoms with Gasteiger partial charge in [0.25, 0.3) is 0 Å². The van der Waals surface area contributed by atoms with Crippen molar-refractivity contribution in [3.05, 3.63) is 12.3 Å². The van der Waals surface area contributed by atoms with Gasteiger partial charge in [0.15, 0.2) is 0 Å². The summed E-state index contributed by atoms with van der Waals surface area (Å²) < 4.78 is 35.9. The molecule has 0 rings (SSSR count). The van der Waals surface area contributed by atoms with E-state index in [9.17, 15) is 13.2 Å². The van der Waals surface area contributed by atoms with Crippen molar-refractivity contribution in [2.24, 2.45) is 10.9 Å². The van der Waals surface area contributed by atoms with E-state index in [1.165, 1.54) is 6.20 Å². The van der Waals surface area contributed by atoms with Gasteiger partial charge in [0.2, 0.25) is 0 Å². The third kappa shape index (κ3) is 5.44. The molecule has 0 saturated heterocycles. The van der Waals surface area contributed by atoms with Crippen molar-refractivity contribution in [2.75, 3.05) is 0 Å². The van der Waals surface area contributed by atoms with Crippen molar-refractivity contribution < 1.29 is 13.2 Å². The number of nitrogens with zero attached hydrogens (tertiary/aromatic N) is 1. The van der Waals surface area contributed by atoms with Gasteiger partial charge in [-0.15, -0.1) is 0 Å². The first kappa shape index (κ1) is 12.2. The zero-order valence-corrected chi connectivity index (χ0v) is 8.02. The Kier molecular flexibility index (Phi) is 4.73. The number of alkyl halides is 3. The Balaban J connectivity index is 4.14. The lowest BCUT2D eigenvalue weighted by molar-refractivity contribution is -0.156.